The van der Waals surface area contributed by atoms with Crippen molar-refractivity contribution >= 4 is 17.0 Å². The summed E-state index contributed by atoms with van der Waals surface area (Å²) in [6, 6.07) is 16.3. The number of oxazole rings is 1. The van der Waals surface area contributed by atoms with Crippen LogP contribution in [0.4, 0.5) is 0 Å². The van der Waals surface area contributed by atoms with Crippen LogP contribution in [0.1, 0.15) is 17.5 Å². The first-order chi connectivity index (χ1) is 12.1. The van der Waals surface area contributed by atoms with Crippen LogP contribution in [-0.4, -0.2) is 22.4 Å². The lowest BCUT2D eigenvalue weighted by atomic mass is 10.1. The van der Waals surface area contributed by atoms with Gasteiger partial charge in [0.1, 0.15) is 0 Å². The van der Waals surface area contributed by atoms with Gasteiger partial charge in [-0.1, -0.05) is 24.3 Å². The van der Waals surface area contributed by atoms with Crippen molar-refractivity contribution in [3.8, 4) is 6.07 Å². The molecule has 0 bridgehead atoms. The molecule has 0 aliphatic carbocycles. The molecule has 6 nitrogen and oxygen atoms in total. The zero-order valence-corrected chi connectivity index (χ0v) is 13.8. The van der Waals surface area contributed by atoms with Gasteiger partial charge in [-0.15, -0.1) is 0 Å². The number of hydrogen-bond donors (Lipinski definition) is 0. The number of rotatable bonds is 5. The van der Waals surface area contributed by atoms with Crippen LogP contribution >= 0.6 is 0 Å². The third-order valence-corrected chi connectivity index (χ3v) is 4.05. The molecule has 0 aliphatic heterocycles. The summed E-state index contributed by atoms with van der Waals surface area (Å²) in [7, 11) is 1.72. The highest BCUT2D eigenvalue weighted by Crippen LogP contribution is 2.13. The molecule has 3 aromatic rings. The molecule has 3 rings (SSSR count). The molecule has 0 saturated carbocycles. The van der Waals surface area contributed by atoms with E-state index >= 15 is 0 Å². The molecule has 1 aromatic heterocycles. The van der Waals surface area contributed by atoms with Crippen molar-refractivity contribution in [1.29, 1.82) is 5.26 Å². The minimum Gasteiger partial charge on any atom is -0.408 e. The van der Waals surface area contributed by atoms with E-state index in [4.69, 9.17) is 9.68 Å². The molecule has 1 amide bonds. The second-order valence-corrected chi connectivity index (χ2v) is 5.80. The number of hydrogen-bond acceptors (Lipinski definition) is 4. The molecule has 0 radical (unpaired) electrons. The van der Waals surface area contributed by atoms with Gasteiger partial charge in [-0.3, -0.25) is 9.36 Å². The second kappa shape index (κ2) is 7.05. The van der Waals surface area contributed by atoms with Crippen molar-refractivity contribution in [2.75, 3.05) is 7.05 Å². The number of carbonyl (C=O) groups is 1. The Hall–Kier alpha value is -3.33. The maximum absolute atomic E-state index is 12.3. The number of nitriles is 1. The molecule has 25 heavy (non-hydrogen) atoms. The minimum atomic E-state index is -0.455. The number of carbonyl (C=O) groups excluding carboxylic acids is 1. The fourth-order valence-corrected chi connectivity index (χ4v) is 2.67. The van der Waals surface area contributed by atoms with E-state index in [0.717, 1.165) is 5.56 Å². The van der Waals surface area contributed by atoms with E-state index in [9.17, 15) is 9.59 Å². The van der Waals surface area contributed by atoms with Crippen LogP contribution < -0.4 is 5.76 Å². The van der Waals surface area contributed by atoms with Gasteiger partial charge in [0, 0.05) is 26.6 Å². The Morgan fingerprint density at radius 2 is 1.92 bits per heavy atom. The van der Waals surface area contributed by atoms with Crippen LogP contribution in [0.15, 0.2) is 57.7 Å². The number of nitrogens with zero attached hydrogens (tertiary/aromatic N) is 3. The van der Waals surface area contributed by atoms with E-state index in [-0.39, 0.29) is 18.9 Å². The highest BCUT2D eigenvalue weighted by molar-refractivity contribution is 5.76. The predicted octanol–water partition coefficient (Wildman–Crippen LogP) is 2.51. The Kier molecular flexibility index (Phi) is 4.66. The molecule has 0 fully saturated rings. The van der Waals surface area contributed by atoms with Crippen molar-refractivity contribution in [2.24, 2.45) is 0 Å². The molecule has 0 atom stereocenters. The first-order valence-electron chi connectivity index (χ1n) is 7.90. The highest BCUT2D eigenvalue weighted by Gasteiger charge is 2.13. The van der Waals surface area contributed by atoms with Gasteiger partial charge in [-0.25, -0.2) is 4.79 Å². The van der Waals surface area contributed by atoms with Crippen LogP contribution in [0.25, 0.3) is 11.1 Å². The predicted molar refractivity (Wildman–Crippen MR) is 92.7 cm³/mol. The number of fused-ring (bicyclic) bond motifs is 1. The Labute approximate surface area is 144 Å². The molecule has 0 unspecified atom stereocenters. The number of para-hydroxylation sites is 2. The molecular weight excluding hydrogens is 318 g/mol. The minimum absolute atomic E-state index is 0.0680. The molecule has 126 valence electrons. The fraction of sp³-hybridized carbons (Fsp3) is 0.211. The Morgan fingerprint density at radius 1 is 1.20 bits per heavy atom. The molecule has 0 spiro atoms. The van der Waals surface area contributed by atoms with E-state index in [1.807, 2.05) is 18.2 Å². The Balaban J connectivity index is 1.64. The summed E-state index contributed by atoms with van der Waals surface area (Å²) in [4.78, 5) is 25.9. The number of aromatic nitrogens is 1. The largest absolute Gasteiger partial charge is 0.419 e. The normalized spacial score (nSPS) is 10.6. The number of amides is 1. The van der Waals surface area contributed by atoms with Crippen molar-refractivity contribution in [3.05, 3.63) is 70.2 Å². The molecule has 2 aromatic carbocycles. The molecular formula is C19H17N3O3. The summed E-state index contributed by atoms with van der Waals surface area (Å²) in [6.07, 6.45) is 0.205. The third-order valence-electron chi connectivity index (χ3n) is 4.05. The highest BCUT2D eigenvalue weighted by atomic mass is 16.4. The fourth-order valence-electron chi connectivity index (χ4n) is 2.67. The first-order valence-corrected chi connectivity index (χ1v) is 7.90. The quantitative estimate of drug-likeness (QED) is 0.717. The maximum Gasteiger partial charge on any atom is 0.419 e. The van der Waals surface area contributed by atoms with Crippen LogP contribution in [0, 0.1) is 11.3 Å². The van der Waals surface area contributed by atoms with Crippen LogP contribution in [0.5, 0.6) is 0 Å². The SMILES string of the molecule is CN(Cc1ccc(C#N)cc1)C(=O)CCn1c(=O)oc2ccccc21. The molecule has 1 heterocycles. The lowest BCUT2D eigenvalue weighted by Gasteiger charge is -2.17. The topological polar surface area (TPSA) is 79.2 Å². The second-order valence-electron chi connectivity index (χ2n) is 5.80. The van der Waals surface area contributed by atoms with E-state index < -0.39 is 5.76 Å². The van der Waals surface area contributed by atoms with Gasteiger partial charge in [0.05, 0.1) is 17.1 Å². The van der Waals surface area contributed by atoms with Gasteiger partial charge < -0.3 is 9.32 Å². The monoisotopic (exact) mass is 335 g/mol. The van der Waals surface area contributed by atoms with Gasteiger partial charge in [0.15, 0.2) is 5.58 Å². The first kappa shape index (κ1) is 16.5. The van der Waals surface area contributed by atoms with Gasteiger partial charge >= 0.3 is 5.76 Å². The standard InChI is InChI=1S/C19H17N3O3/c1-21(13-15-8-6-14(12-20)7-9-15)18(23)10-11-22-16-4-2-3-5-17(16)25-19(22)24/h2-9H,10-11,13H2,1H3. The molecule has 0 aliphatic rings. The van der Waals surface area contributed by atoms with Gasteiger partial charge in [-0.2, -0.15) is 5.26 Å². The summed E-state index contributed by atoms with van der Waals surface area (Å²) < 4.78 is 6.64. The molecule has 0 N–H and O–H groups in total. The maximum atomic E-state index is 12.3. The van der Waals surface area contributed by atoms with Crippen molar-refractivity contribution in [3.63, 3.8) is 0 Å². The molecule has 0 saturated heterocycles. The zero-order chi connectivity index (χ0) is 17.8. The van der Waals surface area contributed by atoms with Gasteiger partial charge in [0.25, 0.3) is 0 Å². The lowest BCUT2D eigenvalue weighted by molar-refractivity contribution is -0.130. The summed E-state index contributed by atoms with van der Waals surface area (Å²) >= 11 is 0. The van der Waals surface area contributed by atoms with E-state index in [2.05, 4.69) is 6.07 Å². The third kappa shape index (κ3) is 3.61. The van der Waals surface area contributed by atoms with Crippen molar-refractivity contribution in [2.45, 2.75) is 19.5 Å². The summed E-state index contributed by atoms with van der Waals surface area (Å²) in [5.41, 5.74) is 2.74. The van der Waals surface area contributed by atoms with Crippen LogP contribution in [0.3, 0.4) is 0 Å². The summed E-state index contributed by atoms with van der Waals surface area (Å²) in [6.45, 7) is 0.720. The van der Waals surface area contributed by atoms with E-state index in [1.54, 1.807) is 42.3 Å². The smallest absolute Gasteiger partial charge is 0.408 e. The number of benzene rings is 2. The van der Waals surface area contributed by atoms with Crippen LogP contribution in [0.2, 0.25) is 0 Å². The summed E-state index contributed by atoms with van der Waals surface area (Å²) in [5.74, 6) is -0.523. The Morgan fingerprint density at radius 3 is 2.64 bits per heavy atom. The van der Waals surface area contributed by atoms with Crippen molar-refractivity contribution in [1.82, 2.24) is 9.47 Å². The lowest BCUT2D eigenvalue weighted by Crippen LogP contribution is -2.28. The number of aryl methyl sites for hydroxylation is 1. The van der Waals surface area contributed by atoms with E-state index in [1.165, 1.54) is 4.57 Å². The van der Waals surface area contributed by atoms with Crippen LogP contribution in [-0.2, 0) is 17.9 Å². The summed E-state index contributed by atoms with van der Waals surface area (Å²) in [5, 5.41) is 8.81. The van der Waals surface area contributed by atoms with Gasteiger partial charge in [-0.05, 0) is 29.8 Å². The zero-order valence-electron chi connectivity index (χ0n) is 13.8. The van der Waals surface area contributed by atoms with Gasteiger partial charge in [0.2, 0.25) is 5.91 Å². The average molecular weight is 335 g/mol. The Bertz CT molecular complexity index is 993. The van der Waals surface area contributed by atoms with Crippen molar-refractivity contribution < 1.29 is 9.21 Å². The average Bonchev–Trinajstić information content (AvgIpc) is 2.95. The van der Waals surface area contributed by atoms with E-state index in [0.29, 0.717) is 23.2 Å². The molecule has 6 heteroatoms.